The molecule has 0 spiro atoms. The van der Waals surface area contributed by atoms with E-state index >= 15 is 0 Å². The lowest BCUT2D eigenvalue weighted by atomic mass is 10.1. The van der Waals surface area contributed by atoms with Gasteiger partial charge in [0, 0.05) is 43.3 Å². The van der Waals surface area contributed by atoms with Crippen molar-refractivity contribution < 1.29 is 27.8 Å². The Bertz CT molecular complexity index is 899. The van der Waals surface area contributed by atoms with Crippen LogP contribution in [0.3, 0.4) is 0 Å². The van der Waals surface area contributed by atoms with Crippen molar-refractivity contribution in [3.63, 3.8) is 0 Å². The van der Waals surface area contributed by atoms with Crippen molar-refractivity contribution in [1.29, 1.82) is 0 Å². The van der Waals surface area contributed by atoms with E-state index in [1.54, 1.807) is 6.33 Å². The molecule has 1 aromatic heterocycles. The topological polar surface area (TPSA) is 82.0 Å². The van der Waals surface area contributed by atoms with Crippen LogP contribution in [0.1, 0.15) is 6.92 Å². The van der Waals surface area contributed by atoms with Gasteiger partial charge in [0.05, 0.1) is 18.7 Å². The second-order valence-corrected chi connectivity index (χ2v) is 7.43. The molecule has 4 rings (SSSR count). The number of aromatic nitrogens is 2. The zero-order valence-corrected chi connectivity index (χ0v) is 17.5. The fourth-order valence-electron chi connectivity index (χ4n) is 3.47. The second-order valence-electron chi connectivity index (χ2n) is 7.43. The number of ether oxygens (including phenoxy) is 1. The van der Waals surface area contributed by atoms with Gasteiger partial charge in [-0.05, 0) is 31.8 Å². The molecular weight excluding hydrogens is 415 g/mol. The van der Waals surface area contributed by atoms with E-state index in [1.165, 1.54) is 5.69 Å². The van der Waals surface area contributed by atoms with Gasteiger partial charge in [-0.25, -0.2) is 14.8 Å². The summed E-state index contributed by atoms with van der Waals surface area (Å²) in [5, 5.41) is 8.28. The van der Waals surface area contributed by atoms with Crippen molar-refractivity contribution in [2.24, 2.45) is 0 Å². The third-order valence-corrected chi connectivity index (χ3v) is 5.50. The lowest BCUT2D eigenvalue weighted by Crippen LogP contribution is -2.58. The quantitative estimate of drug-likeness (QED) is 0.774. The fraction of sp³-hybridized carbons (Fsp3) is 0.550. The standard InChI is InChI=1S/C18H25N5O.C2HF3O2/c1-3-21(2)15-11-23(12-15)18-16-10-14(22-6-8-24-9-7-22)4-5-17(16)19-13-20-18;3-2(4,5)1(6)7/h4-5,10,13,15H,3,6-9,11-12H2,1-2H3;(H,6,7). The van der Waals surface area contributed by atoms with Crippen LogP contribution in [0.2, 0.25) is 0 Å². The van der Waals surface area contributed by atoms with Gasteiger partial charge in [-0.2, -0.15) is 13.2 Å². The van der Waals surface area contributed by atoms with Crippen LogP contribution in [0, 0.1) is 0 Å². The van der Waals surface area contributed by atoms with Gasteiger partial charge in [0.2, 0.25) is 0 Å². The minimum absolute atomic E-state index is 0.627. The average molecular weight is 441 g/mol. The molecule has 0 saturated carbocycles. The van der Waals surface area contributed by atoms with E-state index < -0.39 is 12.1 Å². The van der Waals surface area contributed by atoms with E-state index in [1.807, 2.05) is 0 Å². The lowest BCUT2D eigenvalue weighted by Gasteiger charge is -2.44. The minimum Gasteiger partial charge on any atom is -0.475 e. The minimum atomic E-state index is -5.08. The summed E-state index contributed by atoms with van der Waals surface area (Å²) in [6.45, 7) is 8.86. The SMILES string of the molecule is CCN(C)C1CN(c2ncnc3ccc(N4CCOCC4)cc23)C1.O=C(O)C(F)(F)F. The Morgan fingerprint density at radius 2 is 1.87 bits per heavy atom. The fourth-order valence-corrected chi connectivity index (χ4v) is 3.47. The van der Waals surface area contributed by atoms with Crippen LogP contribution >= 0.6 is 0 Å². The summed E-state index contributed by atoms with van der Waals surface area (Å²) in [6, 6.07) is 7.14. The number of halogens is 3. The Morgan fingerprint density at radius 1 is 1.23 bits per heavy atom. The molecule has 0 aliphatic carbocycles. The molecule has 1 N–H and O–H groups in total. The van der Waals surface area contributed by atoms with Gasteiger partial charge in [-0.3, -0.25) is 0 Å². The largest absolute Gasteiger partial charge is 0.490 e. The molecule has 170 valence electrons. The molecule has 1 aromatic carbocycles. The maximum Gasteiger partial charge on any atom is 0.490 e. The summed E-state index contributed by atoms with van der Waals surface area (Å²) >= 11 is 0. The van der Waals surface area contributed by atoms with Crippen LogP contribution in [0.4, 0.5) is 24.7 Å². The second kappa shape index (κ2) is 9.65. The van der Waals surface area contributed by atoms with Crippen molar-refractivity contribution >= 4 is 28.4 Å². The Balaban J connectivity index is 0.000000339. The maximum absolute atomic E-state index is 10.6. The molecule has 2 aliphatic rings. The van der Waals surface area contributed by atoms with E-state index in [4.69, 9.17) is 14.6 Å². The number of morpholine rings is 1. The summed E-state index contributed by atoms with van der Waals surface area (Å²) in [5.41, 5.74) is 2.26. The summed E-state index contributed by atoms with van der Waals surface area (Å²) in [7, 11) is 2.19. The van der Waals surface area contributed by atoms with Crippen LogP contribution in [0.15, 0.2) is 24.5 Å². The number of anilines is 2. The molecule has 31 heavy (non-hydrogen) atoms. The number of likely N-dealkylation sites (N-methyl/N-ethyl adjacent to an activating group) is 1. The first-order valence-electron chi connectivity index (χ1n) is 10.0. The van der Waals surface area contributed by atoms with E-state index in [-0.39, 0.29) is 0 Å². The first-order valence-corrected chi connectivity index (χ1v) is 10.0. The van der Waals surface area contributed by atoms with Crippen LogP contribution in [0.5, 0.6) is 0 Å². The smallest absolute Gasteiger partial charge is 0.475 e. The highest BCUT2D eigenvalue weighted by molar-refractivity contribution is 5.92. The summed E-state index contributed by atoms with van der Waals surface area (Å²) in [4.78, 5) is 25.1. The highest BCUT2D eigenvalue weighted by atomic mass is 19.4. The van der Waals surface area contributed by atoms with Crippen molar-refractivity contribution in [2.75, 3.05) is 62.8 Å². The number of alkyl halides is 3. The van der Waals surface area contributed by atoms with E-state index in [0.29, 0.717) is 6.04 Å². The van der Waals surface area contributed by atoms with Crippen molar-refractivity contribution in [3.05, 3.63) is 24.5 Å². The summed E-state index contributed by atoms with van der Waals surface area (Å²) < 4.78 is 37.2. The molecule has 11 heteroatoms. The predicted molar refractivity (Wildman–Crippen MR) is 111 cm³/mol. The third kappa shape index (κ3) is 5.53. The number of rotatable bonds is 4. The van der Waals surface area contributed by atoms with Crippen molar-refractivity contribution in [2.45, 2.75) is 19.1 Å². The highest BCUT2D eigenvalue weighted by Gasteiger charge is 2.38. The monoisotopic (exact) mass is 441 g/mol. The van der Waals surface area contributed by atoms with Gasteiger partial charge in [0.15, 0.2) is 0 Å². The van der Waals surface area contributed by atoms with Gasteiger partial charge >= 0.3 is 12.1 Å². The molecule has 3 heterocycles. The highest BCUT2D eigenvalue weighted by Crippen LogP contribution is 2.31. The number of nitrogens with zero attached hydrogens (tertiary/aromatic N) is 5. The number of fused-ring (bicyclic) bond motifs is 1. The molecule has 0 amide bonds. The molecule has 0 bridgehead atoms. The van der Waals surface area contributed by atoms with Gasteiger partial charge in [0.25, 0.3) is 0 Å². The molecular formula is C20H26F3N5O3. The first-order chi connectivity index (χ1) is 14.7. The van der Waals surface area contributed by atoms with E-state index in [9.17, 15) is 13.2 Å². The summed E-state index contributed by atoms with van der Waals surface area (Å²) in [5.74, 6) is -1.69. The van der Waals surface area contributed by atoms with Crippen molar-refractivity contribution in [1.82, 2.24) is 14.9 Å². The Labute approximate surface area is 178 Å². The molecule has 0 unspecified atom stereocenters. The third-order valence-electron chi connectivity index (χ3n) is 5.50. The Morgan fingerprint density at radius 3 is 2.45 bits per heavy atom. The van der Waals surface area contributed by atoms with Crippen LogP contribution in [-0.4, -0.2) is 91.1 Å². The van der Waals surface area contributed by atoms with E-state index in [2.05, 4.69) is 56.8 Å². The number of hydrogen-bond donors (Lipinski definition) is 1. The number of benzene rings is 1. The zero-order valence-electron chi connectivity index (χ0n) is 17.5. The van der Waals surface area contributed by atoms with Crippen LogP contribution in [-0.2, 0) is 9.53 Å². The summed E-state index contributed by atoms with van der Waals surface area (Å²) in [6.07, 6.45) is -3.40. The normalized spacial score (nSPS) is 17.4. The molecule has 0 radical (unpaired) electrons. The predicted octanol–water partition coefficient (Wildman–Crippen LogP) is 2.24. The Hall–Kier alpha value is -2.66. The Kier molecular flexibility index (Phi) is 7.16. The number of hydrogen-bond acceptors (Lipinski definition) is 7. The van der Waals surface area contributed by atoms with Gasteiger partial charge in [-0.1, -0.05) is 6.92 Å². The molecule has 2 saturated heterocycles. The molecule has 0 atom stereocenters. The number of aliphatic carboxylic acids is 1. The maximum atomic E-state index is 10.6. The van der Waals surface area contributed by atoms with Crippen molar-refractivity contribution in [3.8, 4) is 0 Å². The van der Waals surface area contributed by atoms with Gasteiger partial charge in [0.1, 0.15) is 12.1 Å². The van der Waals surface area contributed by atoms with E-state index in [0.717, 1.165) is 62.7 Å². The van der Waals surface area contributed by atoms with Crippen LogP contribution in [0.25, 0.3) is 10.9 Å². The van der Waals surface area contributed by atoms with Gasteiger partial charge < -0.3 is 24.5 Å². The number of carboxylic acids is 1. The number of carbonyl (C=O) groups is 1. The van der Waals surface area contributed by atoms with Crippen LogP contribution < -0.4 is 9.80 Å². The molecule has 2 aliphatic heterocycles. The average Bonchev–Trinajstić information content (AvgIpc) is 2.72. The molecule has 8 nitrogen and oxygen atoms in total. The van der Waals surface area contributed by atoms with Gasteiger partial charge in [-0.15, -0.1) is 0 Å². The zero-order chi connectivity index (χ0) is 22.6. The molecule has 2 fully saturated rings. The lowest BCUT2D eigenvalue weighted by molar-refractivity contribution is -0.192. The number of carboxylic acid groups (broad SMARTS) is 1. The molecule has 2 aromatic rings. The first kappa shape index (κ1) is 23.0.